The van der Waals surface area contributed by atoms with Crippen molar-refractivity contribution in [3.05, 3.63) is 56.3 Å². The van der Waals surface area contributed by atoms with Gasteiger partial charge in [-0.2, -0.15) is 0 Å². The number of hydrogen-bond donors (Lipinski definition) is 1. The van der Waals surface area contributed by atoms with Gasteiger partial charge in [-0.15, -0.1) is 11.3 Å². The molecule has 0 aliphatic rings. The van der Waals surface area contributed by atoms with E-state index in [4.69, 9.17) is 21.1 Å². The number of hydrogen-bond acceptors (Lipinski definition) is 5. The van der Waals surface area contributed by atoms with Gasteiger partial charge in [0.1, 0.15) is 0 Å². The summed E-state index contributed by atoms with van der Waals surface area (Å²) in [5.74, 6) is 0.623. The number of aromatic nitrogens is 1. The van der Waals surface area contributed by atoms with Crippen molar-refractivity contribution in [1.82, 2.24) is 4.98 Å². The summed E-state index contributed by atoms with van der Waals surface area (Å²) in [4.78, 5) is 18.5. The third-order valence-corrected chi connectivity index (χ3v) is 6.15. The second kappa shape index (κ2) is 11.0. The summed E-state index contributed by atoms with van der Waals surface area (Å²) in [7, 11) is 0. The largest absolute Gasteiger partial charge is 0.490 e. The summed E-state index contributed by atoms with van der Waals surface area (Å²) in [6, 6.07) is 11.2. The zero-order valence-electron chi connectivity index (χ0n) is 17.6. The first-order valence-corrected chi connectivity index (χ1v) is 12.1. The summed E-state index contributed by atoms with van der Waals surface area (Å²) < 4.78 is 12.5. The third-order valence-electron chi connectivity index (χ3n) is 4.45. The van der Waals surface area contributed by atoms with Crippen LogP contribution in [0.5, 0.6) is 11.5 Å². The molecule has 0 unspecified atom stereocenters. The summed E-state index contributed by atoms with van der Waals surface area (Å²) >= 11 is 11.3. The van der Waals surface area contributed by atoms with Crippen molar-refractivity contribution >= 4 is 49.9 Å². The van der Waals surface area contributed by atoms with Crippen LogP contribution in [0.3, 0.4) is 0 Å². The van der Waals surface area contributed by atoms with Crippen LogP contribution in [-0.2, 0) is 0 Å². The monoisotopic (exact) mass is 522 g/mol. The molecule has 1 amide bonds. The Hall–Kier alpha value is -2.09. The van der Waals surface area contributed by atoms with Crippen molar-refractivity contribution in [3.63, 3.8) is 0 Å². The number of benzene rings is 2. The fraction of sp³-hybridized carbons (Fsp3) is 0.304. The molecular formula is C23H24BrClN2O3S. The first-order chi connectivity index (χ1) is 14.9. The smallest absolute Gasteiger partial charge is 0.257 e. The molecule has 0 saturated heterocycles. The minimum atomic E-state index is -0.306. The number of nitrogens with zero attached hydrogens (tertiary/aromatic N) is 1. The molecule has 3 rings (SSSR count). The van der Waals surface area contributed by atoms with Crippen molar-refractivity contribution < 1.29 is 14.3 Å². The van der Waals surface area contributed by atoms with Gasteiger partial charge < -0.3 is 9.47 Å². The molecule has 0 spiro atoms. The van der Waals surface area contributed by atoms with E-state index in [1.54, 1.807) is 12.1 Å². The van der Waals surface area contributed by atoms with Crippen LogP contribution in [0.25, 0.3) is 11.3 Å². The minimum absolute atomic E-state index is 0.306. The minimum Gasteiger partial charge on any atom is -0.490 e. The lowest BCUT2D eigenvalue weighted by Crippen LogP contribution is -2.12. The van der Waals surface area contributed by atoms with E-state index < -0.39 is 0 Å². The summed E-state index contributed by atoms with van der Waals surface area (Å²) in [5, 5.41) is 3.74. The molecule has 0 saturated carbocycles. The molecular weight excluding hydrogens is 500 g/mol. The number of anilines is 1. The number of thiazole rings is 1. The number of halogens is 2. The molecule has 0 fully saturated rings. The number of unbranched alkanes of at least 4 members (excludes halogenated alkanes) is 1. The molecule has 1 N–H and O–H groups in total. The maximum Gasteiger partial charge on any atom is 0.257 e. The number of carbonyl (C=O) groups is 1. The second-order valence-corrected chi connectivity index (χ2v) is 9.33. The average molecular weight is 524 g/mol. The van der Waals surface area contributed by atoms with E-state index in [0.29, 0.717) is 40.4 Å². The maximum absolute atomic E-state index is 12.9. The lowest BCUT2D eigenvalue weighted by molar-refractivity contribution is 0.102. The second-order valence-electron chi connectivity index (χ2n) is 6.81. The zero-order valence-corrected chi connectivity index (χ0v) is 20.8. The molecule has 0 bridgehead atoms. The van der Waals surface area contributed by atoms with Gasteiger partial charge in [0.15, 0.2) is 16.6 Å². The van der Waals surface area contributed by atoms with Crippen LogP contribution in [0.1, 0.15) is 41.9 Å². The highest BCUT2D eigenvalue weighted by Gasteiger charge is 2.18. The number of ether oxygens (including phenoxy) is 2. The van der Waals surface area contributed by atoms with Crippen LogP contribution < -0.4 is 14.8 Å². The summed E-state index contributed by atoms with van der Waals surface area (Å²) in [5.41, 5.74) is 2.22. The van der Waals surface area contributed by atoms with E-state index in [-0.39, 0.29) is 5.91 Å². The fourth-order valence-electron chi connectivity index (χ4n) is 2.92. The highest BCUT2D eigenvalue weighted by Crippen LogP contribution is 2.37. The van der Waals surface area contributed by atoms with Crippen LogP contribution >= 0.6 is 38.9 Å². The molecule has 5 nitrogen and oxygen atoms in total. The lowest BCUT2D eigenvalue weighted by atomic mass is 10.1. The van der Waals surface area contributed by atoms with E-state index in [2.05, 4.69) is 33.2 Å². The summed E-state index contributed by atoms with van der Waals surface area (Å²) in [6.07, 6.45) is 1.92. The highest BCUT2D eigenvalue weighted by molar-refractivity contribution is 9.10. The predicted molar refractivity (Wildman–Crippen MR) is 131 cm³/mol. The molecule has 1 heterocycles. The molecule has 8 heteroatoms. The van der Waals surface area contributed by atoms with Crippen molar-refractivity contribution in [2.45, 2.75) is 33.6 Å². The predicted octanol–water partition coefficient (Wildman–Crippen LogP) is 7.36. The summed E-state index contributed by atoms with van der Waals surface area (Å²) in [6.45, 7) is 6.92. The molecule has 3 aromatic rings. The zero-order chi connectivity index (χ0) is 22.4. The van der Waals surface area contributed by atoms with Crippen LogP contribution in [0.2, 0.25) is 5.02 Å². The Bertz CT molecular complexity index is 1050. The number of nitrogens with one attached hydrogen (secondary N) is 1. The van der Waals surface area contributed by atoms with Gasteiger partial charge >= 0.3 is 0 Å². The van der Waals surface area contributed by atoms with Gasteiger partial charge in [0.2, 0.25) is 0 Å². The Morgan fingerprint density at radius 3 is 2.61 bits per heavy atom. The van der Waals surface area contributed by atoms with Crippen LogP contribution in [0.4, 0.5) is 5.13 Å². The van der Waals surface area contributed by atoms with Gasteiger partial charge in [0.25, 0.3) is 5.91 Å². The standard InChI is InChI=1S/C23H24BrClN2O3S/c1-4-6-11-30-21-18(25)12-16(13-19(21)29-5-2)22(28)27-23-26-20(14(3)31-23)15-7-9-17(24)10-8-15/h7-10,12-13H,4-6,11H2,1-3H3,(H,26,27,28). The van der Waals surface area contributed by atoms with Crippen molar-refractivity contribution in [1.29, 1.82) is 0 Å². The quantitative estimate of drug-likeness (QED) is 0.298. The Morgan fingerprint density at radius 1 is 1.19 bits per heavy atom. The van der Waals surface area contributed by atoms with Gasteiger partial charge in [0.05, 0.1) is 23.9 Å². The van der Waals surface area contributed by atoms with Gasteiger partial charge in [-0.25, -0.2) is 4.98 Å². The molecule has 1 aromatic heterocycles. The normalized spacial score (nSPS) is 10.7. The average Bonchev–Trinajstić information content (AvgIpc) is 3.10. The van der Waals surface area contributed by atoms with Crippen molar-refractivity contribution in [2.75, 3.05) is 18.5 Å². The van der Waals surface area contributed by atoms with E-state index in [0.717, 1.165) is 33.4 Å². The molecule has 2 aromatic carbocycles. The van der Waals surface area contributed by atoms with E-state index in [9.17, 15) is 4.79 Å². The van der Waals surface area contributed by atoms with Gasteiger partial charge in [-0.1, -0.05) is 53.0 Å². The first kappa shape index (κ1) is 23.6. The Kier molecular flexibility index (Phi) is 8.35. The molecule has 0 aliphatic carbocycles. The number of amides is 1. The topological polar surface area (TPSA) is 60.5 Å². The number of carbonyl (C=O) groups excluding carboxylic acids is 1. The molecule has 31 heavy (non-hydrogen) atoms. The van der Waals surface area contributed by atoms with Gasteiger partial charge in [-0.3, -0.25) is 10.1 Å². The molecule has 0 aliphatic heterocycles. The fourth-order valence-corrected chi connectivity index (χ4v) is 4.28. The van der Waals surface area contributed by atoms with Crippen LogP contribution in [-0.4, -0.2) is 24.1 Å². The Balaban J connectivity index is 1.81. The van der Waals surface area contributed by atoms with Crippen molar-refractivity contribution in [2.24, 2.45) is 0 Å². The number of rotatable bonds is 9. The van der Waals surface area contributed by atoms with E-state index in [1.807, 2.05) is 38.1 Å². The van der Waals surface area contributed by atoms with Gasteiger partial charge in [-0.05, 0) is 44.5 Å². The first-order valence-electron chi connectivity index (χ1n) is 10.1. The Morgan fingerprint density at radius 2 is 1.94 bits per heavy atom. The maximum atomic E-state index is 12.9. The third kappa shape index (κ3) is 5.99. The van der Waals surface area contributed by atoms with E-state index >= 15 is 0 Å². The molecule has 164 valence electrons. The highest BCUT2D eigenvalue weighted by atomic mass is 79.9. The molecule has 0 radical (unpaired) electrons. The van der Waals surface area contributed by atoms with Crippen LogP contribution in [0.15, 0.2) is 40.9 Å². The van der Waals surface area contributed by atoms with Crippen molar-refractivity contribution in [3.8, 4) is 22.8 Å². The van der Waals surface area contributed by atoms with E-state index in [1.165, 1.54) is 11.3 Å². The number of aryl methyl sites for hydroxylation is 1. The Labute approximate surface area is 199 Å². The lowest BCUT2D eigenvalue weighted by Gasteiger charge is -2.15. The van der Waals surface area contributed by atoms with Gasteiger partial charge in [0, 0.05) is 20.5 Å². The molecule has 0 atom stereocenters. The SMILES string of the molecule is CCCCOc1c(Cl)cc(C(=O)Nc2nc(-c3ccc(Br)cc3)c(C)s2)cc1OCC. The van der Waals surface area contributed by atoms with Crippen LogP contribution in [0, 0.1) is 6.92 Å².